The van der Waals surface area contributed by atoms with Crippen LogP contribution in [0.2, 0.25) is 0 Å². The summed E-state index contributed by atoms with van der Waals surface area (Å²) in [4.78, 5) is 35.7. The molecule has 0 unspecified atom stereocenters. The van der Waals surface area contributed by atoms with E-state index in [1.807, 2.05) is 24.3 Å². The number of nitrogens with one attached hydrogen (secondary N) is 3. The van der Waals surface area contributed by atoms with Crippen molar-refractivity contribution in [1.82, 2.24) is 10.6 Å². The Morgan fingerprint density at radius 3 is 2.17 bits per heavy atom. The number of anilines is 1. The van der Waals surface area contributed by atoms with Crippen molar-refractivity contribution in [1.29, 1.82) is 0 Å². The number of ether oxygens (including phenoxy) is 1. The van der Waals surface area contributed by atoms with Gasteiger partial charge in [0, 0.05) is 35.2 Å². The molecular weight excluding hydrogens is 450 g/mol. The Labute approximate surface area is 184 Å². The zero-order valence-corrected chi connectivity index (χ0v) is 18.8. The predicted molar refractivity (Wildman–Crippen MR) is 119 cm³/mol. The highest BCUT2D eigenvalue weighted by Crippen LogP contribution is 2.12. The van der Waals surface area contributed by atoms with Crippen LogP contribution in [0.1, 0.15) is 43.1 Å². The number of hydrogen-bond acceptors (Lipinski definition) is 4. The van der Waals surface area contributed by atoms with Crippen LogP contribution in [0.25, 0.3) is 0 Å². The minimum absolute atomic E-state index is 0.129. The van der Waals surface area contributed by atoms with Crippen molar-refractivity contribution in [2.24, 2.45) is 0 Å². The summed E-state index contributed by atoms with van der Waals surface area (Å²) < 4.78 is 6.02. The number of halogens is 1. The topological polar surface area (TPSA) is 96.5 Å². The van der Waals surface area contributed by atoms with E-state index in [2.05, 4.69) is 31.9 Å². The molecule has 0 atom stereocenters. The number of amides is 3. The maximum absolute atomic E-state index is 12.1. The lowest BCUT2D eigenvalue weighted by molar-refractivity contribution is -0.116. The molecule has 2 rings (SSSR count). The van der Waals surface area contributed by atoms with Crippen LogP contribution in [0.5, 0.6) is 0 Å². The molecule has 0 aliphatic carbocycles. The molecule has 3 N–H and O–H groups in total. The van der Waals surface area contributed by atoms with Gasteiger partial charge in [-0.15, -0.1) is 0 Å². The number of alkyl carbamates (subject to hydrolysis) is 1. The molecule has 8 heteroatoms. The van der Waals surface area contributed by atoms with Crippen molar-refractivity contribution >= 4 is 39.5 Å². The van der Waals surface area contributed by atoms with Gasteiger partial charge in [-0.05, 0) is 62.7 Å². The summed E-state index contributed by atoms with van der Waals surface area (Å²) in [6, 6.07) is 14.3. The first-order valence-corrected chi connectivity index (χ1v) is 10.3. The standard InChI is InChI=1S/C22H26BrN3O4/c1-22(2,3)30-21(29)24-13-12-19(27)26-18-10-4-15(5-11-18)14-25-20(28)16-6-8-17(23)9-7-16/h4-11H,12-14H2,1-3H3,(H,24,29)(H,25,28)(H,26,27). The van der Waals surface area contributed by atoms with Crippen molar-refractivity contribution in [3.63, 3.8) is 0 Å². The van der Waals surface area contributed by atoms with E-state index < -0.39 is 11.7 Å². The molecule has 0 saturated carbocycles. The second-order valence-corrected chi connectivity index (χ2v) is 8.53. The number of carbonyl (C=O) groups is 3. The molecule has 0 bridgehead atoms. The van der Waals surface area contributed by atoms with E-state index in [1.54, 1.807) is 45.0 Å². The van der Waals surface area contributed by atoms with E-state index in [0.29, 0.717) is 17.8 Å². The van der Waals surface area contributed by atoms with Crippen LogP contribution in [-0.2, 0) is 16.1 Å². The largest absolute Gasteiger partial charge is 0.444 e. The molecule has 0 aromatic heterocycles. The Bertz CT molecular complexity index is 875. The average molecular weight is 476 g/mol. The minimum atomic E-state index is -0.578. The lowest BCUT2D eigenvalue weighted by Gasteiger charge is -2.19. The fourth-order valence-electron chi connectivity index (χ4n) is 2.41. The zero-order chi connectivity index (χ0) is 22.1. The first kappa shape index (κ1) is 23.4. The van der Waals surface area contributed by atoms with Crippen LogP contribution in [0.3, 0.4) is 0 Å². The van der Waals surface area contributed by atoms with Gasteiger partial charge in [0.05, 0.1) is 0 Å². The summed E-state index contributed by atoms with van der Waals surface area (Å²) in [5.74, 6) is -0.375. The summed E-state index contributed by atoms with van der Waals surface area (Å²) in [5.41, 5.74) is 1.55. The van der Waals surface area contributed by atoms with Gasteiger partial charge in [-0.2, -0.15) is 0 Å². The average Bonchev–Trinajstić information content (AvgIpc) is 2.66. The molecule has 0 aliphatic rings. The van der Waals surface area contributed by atoms with E-state index in [9.17, 15) is 14.4 Å². The van der Waals surface area contributed by atoms with Gasteiger partial charge in [-0.25, -0.2) is 4.79 Å². The first-order chi connectivity index (χ1) is 14.1. The highest BCUT2D eigenvalue weighted by atomic mass is 79.9. The van der Waals surface area contributed by atoms with Gasteiger partial charge in [0.15, 0.2) is 0 Å². The van der Waals surface area contributed by atoms with Gasteiger partial charge in [0.2, 0.25) is 5.91 Å². The highest BCUT2D eigenvalue weighted by molar-refractivity contribution is 9.10. The van der Waals surface area contributed by atoms with E-state index in [-0.39, 0.29) is 24.8 Å². The SMILES string of the molecule is CC(C)(C)OC(=O)NCCC(=O)Nc1ccc(CNC(=O)c2ccc(Br)cc2)cc1. The lowest BCUT2D eigenvalue weighted by atomic mass is 10.2. The summed E-state index contributed by atoms with van der Waals surface area (Å²) in [6.07, 6.45) is -0.422. The molecule has 0 spiro atoms. The van der Waals surface area contributed by atoms with Gasteiger partial charge in [0.25, 0.3) is 5.91 Å². The first-order valence-electron chi connectivity index (χ1n) is 9.52. The van der Waals surface area contributed by atoms with Gasteiger partial charge in [-0.1, -0.05) is 28.1 Å². The summed E-state index contributed by atoms with van der Waals surface area (Å²) >= 11 is 3.34. The van der Waals surface area contributed by atoms with Crippen molar-refractivity contribution in [3.05, 3.63) is 64.1 Å². The van der Waals surface area contributed by atoms with Crippen LogP contribution in [-0.4, -0.2) is 30.1 Å². The summed E-state index contributed by atoms with van der Waals surface area (Å²) in [7, 11) is 0. The van der Waals surface area contributed by atoms with Crippen LogP contribution in [0.15, 0.2) is 53.0 Å². The number of hydrogen-bond donors (Lipinski definition) is 3. The van der Waals surface area contributed by atoms with Crippen LogP contribution >= 0.6 is 15.9 Å². The van der Waals surface area contributed by atoms with Gasteiger partial charge >= 0.3 is 6.09 Å². The maximum Gasteiger partial charge on any atom is 0.407 e. The van der Waals surface area contributed by atoms with Gasteiger partial charge in [-0.3, -0.25) is 9.59 Å². The second-order valence-electron chi connectivity index (χ2n) is 7.61. The molecule has 3 amide bonds. The van der Waals surface area contributed by atoms with E-state index in [0.717, 1.165) is 10.0 Å². The number of carbonyl (C=O) groups excluding carboxylic acids is 3. The third-order valence-electron chi connectivity index (χ3n) is 3.82. The Kier molecular flexibility index (Phi) is 8.41. The van der Waals surface area contributed by atoms with Crippen molar-refractivity contribution < 1.29 is 19.1 Å². The fraction of sp³-hybridized carbons (Fsp3) is 0.318. The zero-order valence-electron chi connectivity index (χ0n) is 17.3. The predicted octanol–water partition coefficient (Wildman–Crippen LogP) is 4.23. The smallest absolute Gasteiger partial charge is 0.407 e. The molecule has 2 aromatic rings. The Morgan fingerprint density at radius 1 is 0.933 bits per heavy atom. The molecular formula is C22H26BrN3O4. The molecule has 0 fully saturated rings. The lowest BCUT2D eigenvalue weighted by Crippen LogP contribution is -2.34. The summed E-state index contributed by atoms with van der Waals surface area (Å²) in [6.45, 7) is 5.88. The monoisotopic (exact) mass is 475 g/mol. The molecule has 7 nitrogen and oxygen atoms in total. The van der Waals surface area contributed by atoms with Crippen molar-refractivity contribution in [3.8, 4) is 0 Å². The van der Waals surface area contributed by atoms with Crippen molar-refractivity contribution in [2.75, 3.05) is 11.9 Å². The van der Waals surface area contributed by atoms with E-state index in [1.165, 1.54) is 0 Å². The molecule has 0 heterocycles. The maximum atomic E-state index is 12.1. The molecule has 0 saturated heterocycles. The van der Waals surface area contributed by atoms with Gasteiger partial charge < -0.3 is 20.7 Å². The molecule has 160 valence electrons. The Morgan fingerprint density at radius 2 is 1.57 bits per heavy atom. The van der Waals surface area contributed by atoms with Gasteiger partial charge in [0.1, 0.15) is 5.60 Å². The van der Waals surface area contributed by atoms with Crippen LogP contribution in [0, 0.1) is 0 Å². The molecule has 0 radical (unpaired) electrons. The molecule has 2 aromatic carbocycles. The minimum Gasteiger partial charge on any atom is -0.444 e. The Hall–Kier alpha value is -2.87. The second kappa shape index (κ2) is 10.8. The third-order valence-corrected chi connectivity index (χ3v) is 4.35. The van der Waals surface area contributed by atoms with Crippen LogP contribution < -0.4 is 16.0 Å². The molecule has 30 heavy (non-hydrogen) atoms. The van der Waals surface area contributed by atoms with E-state index in [4.69, 9.17) is 4.74 Å². The normalized spacial score (nSPS) is 10.8. The third kappa shape index (κ3) is 8.65. The molecule has 0 aliphatic heterocycles. The Balaban J connectivity index is 1.73. The van der Waals surface area contributed by atoms with Crippen LogP contribution in [0.4, 0.5) is 10.5 Å². The number of benzene rings is 2. The van der Waals surface area contributed by atoms with Crippen molar-refractivity contribution in [2.45, 2.75) is 39.3 Å². The summed E-state index contributed by atoms with van der Waals surface area (Å²) in [5, 5.41) is 8.16. The number of rotatable bonds is 7. The fourth-order valence-corrected chi connectivity index (χ4v) is 2.67. The highest BCUT2D eigenvalue weighted by Gasteiger charge is 2.15. The quantitative estimate of drug-likeness (QED) is 0.557. The van der Waals surface area contributed by atoms with E-state index >= 15 is 0 Å².